The Labute approximate surface area is 124 Å². The molecule has 2 rings (SSSR count). The smallest absolute Gasteiger partial charge is 0.159 e. The van der Waals surface area contributed by atoms with Crippen molar-refractivity contribution >= 4 is 27.5 Å². The maximum Gasteiger partial charge on any atom is 0.159 e. The first kappa shape index (κ1) is 14.5. The van der Waals surface area contributed by atoms with Crippen molar-refractivity contribution in [3.8, 4) is 0 Å². The summed E-state index contributed by atoms with van der Waals surface area (Å²) < 4.78 is 26.0. The SMILES string of the molecule is Cc1ccc(Cl)cc1C(Br)Cc1ccc(F)c(F)c1. The van der Waals surface area contributed by atoms with Gasteiger partial charge in [-0.3, -0.25) is 0 Å². The molecule has 0 aliphatic carbocycles. The van der Waals surface area contributed by atoms with Crippen molar-refractivity contribution in [2.75, 3.05) is 0 Å². The van der Waals surface area contributed by atoms with Crippen LogP contribution in [0.2, 0.25) is 5.02 Å². The Morgan fingerprint density at radius 3 is 2.53 bits per heavy atom. The van der Waals surface area contributed by atoms with Crippen LogP contribution in [0.15, 0.2) is 36.4 Å². The Morgan fingerprint density at radius 2 is 1.84 bits per heavy atom. The van der Waals surface area contributed by atoms with E-state index in [4.69, 9.17) is 11.6 Å². The molecule has 100 valence electrons. The van der Waals surface area contributed by atoms with Crippen molar-refractivity contribution in [2.45, 2.75) is 18.2 Å². The normalized spacial score (nSPS) is 12.5. The lowest BCUT2D eigenvalue weighted by Crippen LogP contribution is -1.99. The standard InChI is InChI=1S/C15H12BrClF2/c1-9-2-4-11(17)8-12(9)13(16)6-10-3-5-14(18)15(19)7-10/h2-5,7-8,13H,6H2,1H3. The number of hydrogen-bond donors (Lipinski definition) is 0. The van der Waals surface area contributed by atoms with Gasteiger partial charge in [0.15, 0.2) is 11.6 Å². The van der Waals surface area contributed by atoms with Crippen molar-refractivity contribution in [2.24, 2.45) is 0 Å². The molecule has 0 nitrogen and oxygen atoms in total. The van der Waals surface area contributed by atoms with Crippen LogP contribution in [0.1, 0.15) is 21.5 Å². The van der Waals surface area contributed by atoms with E-state index in [1.54, 1.807) is 6.07 Å². The second kappa shape index (κ2) is 6.02. The zero-order chi connectivity index (χ0) is 14.0. The highest BCUT2D eigenvalue weighted by Gasteiger charge is 2.13. The van der Waals surface area contributed by atoms with Gasteiger partial charge in [-0.1, -0.05) is 39.7 Å². The van der Waals surface area contributed by atoms with Gasteiger partial charge >= 0.3 is 0 Å². The van der Waals surface area contributed by atoms with Gasteiger partial charge < -0.3 is 0 Å². The quantitative estimate of drug-likeness (QED) is 0.635. The van der Waals surface area contributed by atoms with Gasteiger partial charge in [0, 0.05) is 9.85 Å². The summed E-state index contributed by atoms with van der Waals surface area (Å²) in [5.74, 6) is -1.64. The second-order valence-corrected chi connectivity index (χ2v) is 5.96. The van der Waals surface area contributed by atoms with Crippen molar-refractivity contribution < 1.29 is 8.78 Å². The number of rotatable bonds is 3. The Bertz CT molecular complexity index is 599. The zero-order valence-electron chi connectivity index (χ0n) is 10.3. The summed E-state index contributed by atoms with van der Waals surface area (Å²) in [6, 6.07) is 9.62. The summed E-state index contributed by atoms with van der Waals surface area (Å²) in [7, 11) is 0. The molecule has 4 heteroatoms. The predicted octanol–water partition coefficient (Wildman–Crippen LogP) is 5.61. The van der Waals surface area contributed by atoms with Gasteiger partial charge in [0.25, 0.3) is 0 Å². The predicted molar refractivity (Wildman–Crippen MR) is 77.9 cm³/mol. The van der Waals surface area contributed by atoms with Gasteiger partial charge in [-0.25, -0.2) is 8.78 Å². The van der Waals surface area contributed by atoms with Gasteiger partial charge in [-0.15, -0.1) is 0 Å². The summed E-state index contributed by atoms with van der Waals surface area (Å²) in [5.41, 5.74) is 2.89. The van der Waals surface area contributed by atoms with Crippen LogP contribution in [0.25, 0.3) is 0 Å². The first-order valence-electron chi connectivity index (χ1n) is 5.81. The third-order valence-corrected chi connectivity index (χ3v) is 4.03. The summed E-state index contributed by atoms with van der Waals surface area (Å²) in [4.78, 5) is 0.0102. The first-order valence-corrected chi connectivity index (χ1v) is 7.11. The summed E-state index contributed by atoms with van der Waals surface area (Å²) in [6.07, 6.45) is 0.568. The fraction of sp³-hybridized carbons (Fsp3) is 0.200. The van der Waals surface area contributed by atoms with Gasteiger partial charge in [-0.05, 0) is 54.3 Å². The van der Waals surface area contributed by atoms with E-state index < -0.39 is 11.6 Å². The van der Waals surface area contributed by atoms with E-state index in [9.17, 15) is 8.78 Å². The van der Waals surface area contributed by atoms with E-state index >= 15 is 0 Å². The van der Waals surface area contributed by atoms with Gasteiger partial charge in [0.05, 0.1) is 0 Å². The van der Waals surface area contributed by atoms with Crippen molar-refractivity contribution in [1.82, 2.24) is 0 Å². The Balaban J connectivity index is 2.22. The molecule has 0 radical (unpaired) electrons. The van der Waals surface area contributed by atoms with Crippen LogP contribution in [0.5, 0.6) is 0 Å². The molecule has 2 aromatic carbocycles. The topological polar surface area (TPSA) is 0 Å². The number of halogens is 4. The molecule has 19 heavy (non-hydrogen) atoms. The number of hydrogen-bond acceptors (Lipinski definition) is 0. The van der Waals surface area contributed by atoms with Crippen LogP contribution in [0.3, 0.4) is 0 Å². The first-order chi connectivity index (χ1) is 8.97. The molecule has 0 fully saturated rings. The summed E-state index contributed by atoms with van der Waals surface area (Å²) >= 11 is 9.56. The molecular formula is C15H12BrClF2. The molecule has 0 heterocycles. The van der Waals surface area contributed by atoms with Crippen LogP contribution in [0.4, 0.5) is 8.78 Å². The van der Waals surface area contributed by atoms with Crippen LogP contribution in [-0.2, 0) is 6.42 Å². The molecule has 0 aliphatic heterocycles. The number of alkyl halides is 1. The van der Waals surface area contributed by atoms with Gasteiger partial charge in [0.2, 0.25) is 0 Å². The van der Waals surface area contributed by atoms with Crippen LogP contribution in [0, 0.1) is 18.6 Å². The fourth-order valence-electron chi connectivity index (χ4n) is 1.93. The highest BCUT2D eigenvalue weighted by molar-refractivity contribution is 9.09. The molecule has 2 aromatic rings. The van der Waals surface area contributed by atoms with Crippen LogP contribution >= 0.6 is 27.5 Å². The molecule has 1 unspecified atom stereocenters. The van der Waals surface area contributed by atoms with E-state index in [1.165, 1.54) is 6.07 Å². The average molecular weight is 346 g/mol. The van der Waals surface area contributed by atoms with Crippen LogP contribution in [-0.4, -0.2) is 0 Å². The monoisotopic (exact) mass is 344 g/mol. The third kappa shape index (κ3) is 3.54. The van der Waals surface area contributed by atoms with Crippen molar-refractivity contribution in [1.29, 1.82) is 0 Å². The van der Waals surface area contributed by atoms with E-state index in [1.807, 2.05) is 25.1 Å². The van der Waals surface area contributed by atoms with Crippen molar-refractivity contribution in [3.63, 3.8) is 0 Å². The number of aryl methyl sites for hydroxylation is 1. The molecule has 0 bridgehead atoms. The minimum atomic E-state index is -0.825. The van der Waals surface area contributed by atoms with Crippen molar-refractivity contribution in [3.05, 3.63) is 69.7 Å². The fourth-order valence-corrected chi connectivity index (χ4v) is 2.98. The lowest BCUT2D eigenvalue weighted by molar-refractivity contribution is 0.507. The lowest BCUT2D eigenvalue weighted by atomic mass is 10.0. The number of benzene rings is 2. The molecule has 0 saturated heterocycles. The zero-order valence-corrected chi connectivity index (χ0v) is 12.6. The maximum atomic E-state index is 13.2. The third-order valence-electron chi connectivity index (χ3n) is 2.98. The van der Waals surface area contributed by atoms with E-state index in [2.05, 4.69) is 15.9 Å². The molecule has 0 aliphatic rings. The average Bonchev–Trinajstić information content (AvgIpc) is 2.36. The molecule has 0 amide bonds. The molecule has 1 atom stereocenters. The highest BCUT2D eigenvalue weighted by Crippen LogP contribution is 2.31. The Kier molecular flexibility index (Phi) is 4.58. The Morgan fingerprint density at radius 1 is 1.11 bits per heavy atom. The molecule has 0 spiro atoms. The minimum Gasteiger partial charge on any atom is -0.204 e. The minimum absolute atomic E-state index is 0.0102. The lowest BCUT2D eigenvalue weighted by Gasteiger charge is -2.14. The molecular weight excluding hydrogens is 334 g/mol. The van der Waals surface area contributed by atoms with Gasteiger partial charge in [0.1, 0.15) is 0 Å². The molecule has 0 saturated carbocycles. The maximum absolute atomic E-state index is 13.2. The van der Waals surface area contributed by atoms with E-state index in [0.717, 1.165) is 22.8 Å². The summed E-state index contributed by atoms with van der Waals surface area (Å²) in [6.45, 7) is 1.99. The summed E-state index contributed by atoms with van der Waals surface area (Å²) in [5, 5.41) is 0.662. The molecule has 0 aromatic heterocycles. The largest absolute Gasteiger partial charge is 0.204 e. The van der Waals surface area contributed by atoms with Crippen LogP contribution < -0.4 is 0 Å². The van der Waals surface area contributed by atoms with E-state index in [0.29, 0.717) is 11.4 Å². The Hall–Kier alpha value is -0.930. The molecule has 0 N–H and O–H groups in total. The van der Waals surface area contributed by atoms with Gasteiger partial charge in [-0.2, -0.15) is 0 Å². The second-order valence-electron chi connectivity index (χ2n) is 4.42. The highest BCUT2D eigenvalue weighted by atomic mass is 79.9. The van der Waals surface area contributed by atoms with E-state index in [-0.39, 0.29) is 4.83 Å².